The number of nitrogens with zero attached hydrogens (tertiary/aromatic N) is 2. The molecule has 5 nitrogen and oxygen atoms in total. The van der Waals surface area contributed by atoms with E-state index in [4.69, 9.17) is 4.98 Å². The van der Waals surface area contributed by atoms with Crippen molar-refractivity contribution in [2.75, 3.05) is 11.9 Å². The molecule has 1 aliphatic heterocycles. The Morgan fingerprint density at radius 3 is 2.64 bits per heavy atom. The van der Waals surface area contributed by atoms with Crippen molar-refractivity contribution in [1.29, 1.82) is 0 Å². The van der Waals surface area contributed by atoms with E-state index in [0.717, 1.165) is 45.8 Å². The van der Waals surface area contributed by atoms with Crippen LogP contribution < -0.4 is 5.32 Å². The van der Waals surface area contributed by atoms with Crippen molar-refractivity contribution in [2.45, 2.75) is 46.6 Å². The van der Waals surface area contributed by atoms with Crippen LogP contribution in [0.5, 0.6) is 0 Å². The van der Waals surface area contributed by atoms with Gasteiger partial charge >= 0.3 is 0 Å². The second kappa shape index (κ2) is 9.86. The molecule has 184 valence electrons. The number of likely N-dealkylation sites (tertiary alicyclic amines) is 1. The summed E-state index contributed by atoms with van der Waals surface area (Å²) in [6.07, 6.45) is 7.72. The fourth-order valence-corrected chi connectivity index (χ4v) is 5.95. The highest BCUT2D eigenvalue weighted by molar-refractivity contribution is 7.15. The predicted octanol–water partition coefficient (Wildman–Crippen LogP) is 6.04. The van der Waals surface area contributed by atoms with Gasteiger partial charge in [0.15, 0.2) is 5.13 Å². The number of rotatable bonds is 5. The van der Waals surface area contributed by atoms with Crippen LogP contribution in [0.4, 0.5) is 5.13 Å². The van der Waals surface area contributed by atoms with Gasteiger partial charge in [-0.1, -0.05) is 54.6 Å². The maximum Gasteiger partial charge on any atom is 0.254 e. The minimum Gasteiger partial charge on any atom is -0.332 e. The molecule has 0 radical (unpaired) electrons. The topological polar surface area (TPSA) is 62.3 Å². The van der Waals surface area contributed by atoms with E-state index in [1.165, 1.54) is 22.5 Å². The van der Waals surface area contributed by atoms with Gasteiger partial charge in [0, 0.05) is 22.9 Å². The molecule has 2 aliphatic rings. The molecule has 1 N–H and O–H groups in total. The largest absolute Gasteiger partial charge is 0.332 e. The second-order valence-corrected chi connectivity index (χ2v) is 11.0. The molecule has 2 aromatic carbocycles. The average molecular weight is 498 g/mol. The Kier molecular flexibility index (Phi) is 6.63. The number of carbonyl (C=O) groups is 2. The van der Waals surface area contributed by atoms with Gasteiger partial charge in [0.1, 0.15) is 0 Å². The maximum absolute atomic E-state index is 13.2. The van der Waals surface area contributed by atoms with E-state index in [1.807, 2.05) is 49.1 Å². The fourth-order valence-electron chi connectivity index (χ4n) is 5.10. The lowest BCUT2D eigenvalue weighted by Crippen LogP contribution is -2.37. The Morgan fingerprint density at radius 2 is 1.86 bits per heavy atom. The number of aromatic nitrogens is 1. The van der Waals surface area contributed by atoms with Crippen LogP contribution in [0, 0.1) is 33.6 Å². The first-order chi connectivity index (χ1) is 17.3. The van der Waals surface area contributed by atoms with Gasteiger partial charge in [0.05, 0.1) is 18.2 Å². The van der Waals surface area contributed by atoms with Crippen molar-refractivity contribution in [3.05, 3.63) is 99.1 Å². The van der Waals surface area contributed by atoms with Crippen LogP contribution >= 0.6 is 11.3 Å². The highest BCUT2D eigenvalue weighted by atomic mass is 32.1. The zero-order valence-electron chi connectivity index (χ0n) is 21.2. The predicted molar refractivity (Wildman–Crippen MR) is 146 cm³/mol. The molecule has 0 spiro atoms. The summed E-state index contributed by atoms with van der Waals surface area (Å²) >= 11 is 1.50. The van der Waals surface area contributed by atoms with E-state index in [2.05, 4.69) is 49.5 Å². The van der Waals surface area contributed by atoms with Gasteiger partial charge in [0.25, 0.3) is 5.91 Å². The maximum atomic E-state index is 13.2. The molecule has 36 heavy (non-hydrogen) atoms. The molecule has 0 saturated carbocycles. The van der Waals surface area contributed by atoms with E-state index in [9.17, 15) is 9.59 Å². The van der Waals surface area contributed by atoms with Crippen LogP contribution in [-0.4, -0.2) is 34.3 Å². The molecule has 1 aliphatic carbocycles. The first-order valence-electron chi connectivity index (χ1n) is 12.4. The second-order valence-electron chi connectivity index (χ2n) is 9.81. The van der Waals surface area contributed by atoms with E-state index in [-0.39, 0.29) is 23.8 Å². The Balaban J connectivity index is 1.27. The number of carbonyl (C=O) groups excluding carboxylic acids is 2. The molecule has 0 bridgehead atoms. The number of anilines is 1. The molecule has 1 fully saturated rings. The monoisotopic (exact) mass is 497 g/mol. The number of thiazole rings is 1. The Labute approximate surface area is 216 Å². The Hall–Kier alpha value is -3.51. The quantitative estimate of drug-likeness (QED) is 0.467. The van der Waals surface area contributed by atoms with Crippen molar-refractivity contribution in [1.82, 2.24) is 9.88 Å². The minimum atomic E-state index is -0.0621. The van der Waals surface area contributed by atoms with E-state index >= 15 is 0 Å². The van der Waals surface area contributed by atoms with Crippen LogP contribution in [0.1, 0.15) is 49.6 Å². The van der Waals surface area contributed by atoms with E-state index < -0.39 is 0 Å². The SMILES string of the molecule is Cc1ccc(CC(=O)Nc2nc(C3=CC4CCN(C(=O)c5ccccc5C)C4C=C3)c(C)s2)cc1C. The molecule has 3 aromatic rings. The Morgan fingerprint density at radius 1 is 1.06 bits per heavy atom. The smallest absolute Gasteiger partial charge is 0.254 e. The summed E-state index contributed by atoms with van der Waals surface area (Å²) in [7, 11) is 0. The zero-order chi connectivity index (χ0) is 25.4. The number of nitrogens with one attached hydrogen (secondary N) is 1. The van der Waals surface area contributed by atoms with Crippen LogP contribution in [0.2, 0.25) is 0 Å². The van der Waals surface area contributed by atoms with Crippen LogP contribution in [0.3, 0.4) is 0 Å². The molecule has 6 heteroatoms. The lowest BCUT2D eigenvalue weighted by atomic mass is 9.90. The molecular weight excluding hydrogens is 466 g/mol. The highest BCUT2D eigenvalue weighted by Gasteiger charge is 2.37. The Bertz CT molecular complexity index is 1400. The number of hydrogen-bond donors (Lipinski definition) is 1. The number of hydrogen-bond acceptors (Lipinski definition) is 4. The molecule has 1 aromatic heterocycles. The zero-order valence-corrected chi connectivity index (χ0v) is 22.0. The number of fused-ring (bicyclic) bond motifs is 1. The van der Waals surface area contributed by atoms with Gasteiger partial charge in [-0.25, -0.2) is 4.98 Å². The molecular formula is C30H31N3O2S. The van der Waals surface area contributed by atoms with Gasteiger partial charge in [-0.3, -0.25) is 9.59 Å². The van der Waals surface area contributed by atoms with Crippen LogP contribution in [-0.2, 0) is 11.2 Å². The molecule has 5 rings (SSSR count). The molecule has 2 unspecified atom stereocenters. The number of amides is 2. The standard InChI is InChI=1S/C30H31N3O2S/c1-18-9-10-22(15-20(18)3)16-27(34)31-30-32-28(21(4)36-30)24-11-12-26-23(17-24)13-14-33(26)29(35)25-8-6-5-7-19(25)2/h5-12,15,17,23,26H,13-14,16H2,1-4H3,(H,31,32,34). The van der Waals surface area contributed by atoms with Crippen LogP contribution in [0.15, 0.2) is 60.7 Å². The summed E-state index contributed by atoms with van der Waals surface area (Å²) in [5, 5.41) is 3.60. The third kappa shape index (κ3) is 4.78. The minimum absolute atomic E-state index is 0.0621. The van der Waals surface area contributed by atoms with Gasteiger partial charge in [-0.05, 0) is 68.0 Å². The molecule has 2 atom stereocenters. The lowest BCUT2D eigenvalue weighted by Gasteiger charge is -2.27. The summed E-state index contributed by atoms with van der Waals surface area (Å²) < 4.78 is 0. The lowest BCUT2D eigenvalue weighted by molar-refractivity contribution is -0.115. The number of allylic oxidation sites excluding steroid dienone is 2. The van der Waals surface area contributed by atoms with Crippen molar-refractivity contribution >= 4 is 33.9 Å². The third-order valence-electron chi connectivity index (χ3n) is 7.26. The molecule has 2 amide bonds. The van der Waals surface area contributed by atoms with Crippen molar-refractivity contribution in [3.63, 3.8) is 0 Å². The summed E-state index contributed by atoms with van der Waals surface area (Å²) in [5.41, 5.74) is 7.15. The normalized spacial score (nSPS) is 18.7. The van der Waals surface area contributed by atoms with Crippen molar-refractivity contribution in [2.24, 2.45) is 5.92 Å². The van der Waals surface area contributed by atoms with Gasteiger partial charge in [0.2, 0.25) is 5.91 Å². The van der Waals surface area contributed by atoms with Crippen molar-refractivity contribution < 1.29 is 9.59 Å². The van der Waals surface area contributed by atoms with E-state index in [0.29, 0.717) is 11.6 Å². The summed E-state index contributed by atoms with van der Waals surface area (Å²) in [6, 6.07) is 14.0. The summed E-state index contributed by atoms with van der Waals surface area (Å²) in [6.45, 7) is 8.90. The van der Waals surface area contributed by atoms with Gasteiger partial charge in [-0.2, -0.15) is 0 Å². The van der Waals surface area contributed by atoms with Gasteiger partial charge < -0.3 is 10.2 Å². The van der Waals surface area contributed by atoms with Crippen molar-refractivity contribution in [3.8, 4) is 0 Å². The summed E-state index contributed by atoms with van der Waals surface area (Å²) in [5.74, 6) is 0.301. The average Bonchev–Trinajstić information content (AvgIpc) is 3.43. The number of aryl methyl sites for hydroxylation is 4. The molecule has 2 heterocycles. The van der Waals surface area contributed by atoms with Crippen LogP contribution in [0.25, 0.3) is 5.57 Å². The highest BCUT2D eigenvalue weighted by Crippen LogP contribution is 2.37. The first-order valence-corrected chi connectivity index (χ1v) is 13.2. The number of benzene rings is 2. The molecule has 1 saturated heterocycles. The fraction of sp³-hybridized carbons (Fsp3) is 0.300. The third-order valence-corrected chi connectivity index (χ3v) is 8.14. The summed E-state index contributed by atoms with van der Waals surface area (Å²) in [4.78, 5) is 33.7. The van der Waals surface area contributed by atoms with Gasteiger partial charge in [-0.15, -0.1) is 11.3 Å². The van der Waals surface area contributed by atoms with E-state index in [1.54, 1.807) is 0 Å². The first kappa shape index (κ1) is 24.2.